The normalized spacial score (nSPS) is 10.1. The van der Waals surface area contributed by atoms with Gasteiger partial charge in [0.15, 0.2) is 0 Å². The van der Waals surface area contributed by atoms with Crippen LogP contribution in [0.4, 0.5) is 10.1 Å². The molecule has 0 aliphatic carbocycles. The molecule has 16 heavy (non-hydrogen) atoms. The summed E-state index contributed by atoms with van der Waals surface area (Å²) in [4.78, 5) is 4.10. The van der Waals surface area contributed by atoms with E-state index in [-0.39, 0.29) is 5.82 Å². The average Bonchev–Trinajstić information content (AvgIpc) is 2.30. The van der Waals surface area contributed by atoms with Crippen LogP contribution >= 0.6 is 15.9 Å². The minimum atomic E-state index is -0.248. The number of nitrogens with one attached hydrogen (secondary N) is 1. The molecule has 1 aromatic carbocycles. The Labute approximate surface area is 102 Å². The molecule has 0 fully saturated rings. The van der Waals surface area contributed by atoms with Crippen molar-refractivity contribution < 1.29 is 4.39 Å². The maximum absolute atomic E-state index is 13.3. The van der Waals surface area contributed by atoms with E-state index in [9.17, 15) is 4.39 Å². The second kappa shape index (κ2) is 5.07. The van der Waals surface area contributed by atoms with Crippen LogP contribution in [-0.2, 0) is 6.54 Å². The number of hydrogen-bond acceptors (Lipinski definition) is 2. The molecule has 0 saturated heterocycles. The van der Waals surface area contributed by atoms with Gasteiger partial charge in [0.2, 0.25) is 0 Å². The molecule has 1 aromatic heterocycles. The van der Waals surface area contributed by atoms with Gasteiger partial charge in [-0.2, -0.15) is 0 Å². The number of anilines is 1. The lowest BCUT2D eigenvalue weighted by Crippen LogP contribution is -2.02. The van der Waals surface area contributed by atoms with E-state index in [1.165, 1.54) is 6.07 Å². The molecule has 0 bridgehead atoms. The molecule has 0 spiro atoms. The van der Waals surface area contributed by atoms with E-state index in [0.717, 1.165) is 10.2 Å². The van der Waals surface area contributed by atoms with Gasteiger partial charge < -0.3 is 5.32 Å². The molecule has 0 aliphatic heterocycles. The van der Waals surface area contributed by atoms with Crippen LogP contribution in [0.25, 0.3) is 0 Å². The first-order chi connectivity index (χ1) is 7.77. The van der Waals surface area contributed by atoms with Crippen molar-refractivity contribution in [2.45, 2.75) is 6.54 Å². The topological polar surface area (TPSA) is 24.9 Å². The summed E-state index contributed by atoms with van der Waals surface area (Å²) in [6.07, 6.45) is 1.71. The summed E-state index contributed by atoms with van der Waals surface area (Å²) in [5.74, 6) is -0.248. The first-order valence-corrected chi connectivity index (χ1v) is 5.64. The van der Waals surface area contributed by atoms with E-state index < -0.39 is 0 Å². The highest BCUT2D eigenvalue weighted by Crippen LogP contribution is 2.17. The van der Waals surface area contributed by atoms with Gasteiger partial charge in [0, 0.05) is 18.3 Å². The van der Waals surface area contributed by atoms with Crippen molar-refractivity contribution in [3.63, 3.8) is 0 Å². The van der Waals surface area contributed by atoms with Crippen molar-refractivity contribution in [1.29, 1.82) is 0 Å². The smallest absolute Gasteiger partial charge is 0.146 e. The van der Waals surface area contributed by atoms with E-state index in [1.54, 1.807) is 24.4 Å². The maximum Gasteiger partial charge on any atom is 0.146 e. The number of hydrogen-bond donors (Lipinski definition) is 1. The van der Waals surface area contributed by atoms with Gasteiger partial charge in [-0.1, -0.05) is 18.2 Å². The molecule has 1 heterocycles. The molecule has 2 rings (SSSR count). The molecule has 2 nitrogen and oxygen atoms in total. The summed E-state index contributed by atoms with van der Waals surface area (Å²) in [5.41, 5.74) is 1.49. The molecule has 4 heteroatoms. The van der Waals surface area contributed by atoms with E-state index >= 15 is 0 Å². The molecule has 0 saturated carbocycles. The number of benzene rings is 1. The quantitative estimate of drug-likeness (QED) is 0.869. The summed E-state index contributed by atoms with van der Waals surface area (Å²) in [5, 5.41) is 3.03. The summed E-state index contributed by atoms with van der Waals surface area (Å²) in [7, 11) is 0. The van der Waals surface area contributed by atoms with Gasteiger partial charge >= 0.3 is 0 Å². The maximum atomic E-state index is 13.3. The predicted octanol–water partition coefficient (Wildman–Crippen LogP) is 3.60. The van der Waals surface area contributed by atoms with Crippen molar-refractivity contribution in [1.82, 2.24) is 4.98 Å². The van der Waals surface area contributed by atoms with Crippen LogP contribution in [-0.4, -0.2) is 4.98 Å². The minimum absolute atomic E-state index is 0.248. The highest BCUT2D eigenvalue weighted by atomic mass is 79.9. The molecule has 82 valence electrons. The third-order valence-electron chi connectivity index (χ3n) is 2.18. The van der Waals surface area contributed by atoms with Crippen LogP contribution in [0.1, 0.15) is 5.56 Å². The van der Waals surface area contributed by atoms with Crippen LogP contribution < -0.4 is 5.32 Å². The lowest BCUT2D eigenvalue weighted by molar-refractivity contribution is 0.630. The number of halogens is 2. The molecule has 0 atom stereocenters. The van der Waals surface area contributed by atoms with Gasteiger partial charge in [0.25, 0.3) is 0 Å². The number of pyridine rings is 1. The van der Waals surface area contributed by atoms with Crippen LogP contribution in [0.5, 0.6) is 0 Å². The van der Waals surface area contributed by atoms with E-state index in [2.05, 4.69) is 26.2 Å². The van der Waals surface area contributed by atoms with Crippen molar-refractivity contribution in [2.75, 3.05) is 5.32 Å². The number of nitrogens with zero attached hydrogens (tertiary/aromatic N) is 1. The number of para-hydroxylation sites is 1. The Hall–Kier alpha value is -1.42. The van der Waals surface area contributed by atoms with Gasteiger partial charge in [-0.15, -0.1) is 0 Å². The zero-order valence-electron chi connectivity index (χ0n) is 8.45. The van der Waals surface area contributed by atoms with Crippen molar-refractivity contribution >= 4 is 21.6 Å². The van der Waals surface area contributed by atoms with Crippen molar-refractivity contribution in [3.8, 4) is 0 Å². The molecule has 2 aromatic rings. The second-order valence-corrected chi connectivity index (χ2v) is 4.04. The van der Waals surface area contributed by atoms with E-state index in [1.807, 2.05) is 12.1 Å². The SMILES string of the molecule is Fc1ccccc1NCc1cccnc1Br. The zero-order chi connectivity index (χ0) is 11.4. The Bertz CT molecular complexity index is 442. The largest absolute Gasteiger partial charge is 0.378 e. The van der Waals surface area contributed by atoms with Crippen molar-refractivity contribution in [3.05, 3.63) is 58.6 Å². The Kier molecular flexibility index (Phi) is 3.51. The van der Waals surface area contributed by atoms with E-state index in [0.29, 0.717) is 12.2 Å². The van der Waals surface area contributed by atoms with Crippen LogP contribution in [0.3, 0.4) is 0 Å². The summed E-state index contributed by atoms with van der Waals surface area (Å²) in [6.45, 7) is 0.537. The first-order valence-electron chi connectivity index (χ1n) is 4.85. The van der Waals surface area contributed by atoms with Crippen LogP contribution in [0, 0.1) is 5.82 Å². The third-order valence-corrected chi connectivity index (χ3v) is 2.89. The predicted molar refractivity (Wildman–Crippen MR) is 65.7 cm³/mol. The highest BCUT2D eigenvalue weighted by Gasteiger charge is 2.02. The van der Waals surface area contributed by atoms with Gasteiger partial charge in [-0.25, -0.2) is 9.37 Å². The van der Waals surface area contributed by atoms with E-state index in [4.69, 9.17) is 0 Å². The minimum Gasteiger partial charge on any atom is -0.378 e. The Balaban J connectivity index is 2.09. The van der Waals surface area contributed by atoms with Gasteiger partial charge in [-0.05, 0) is 34.1 Å². The second-order valence-electron chi connectivity index (χ2n) is 3.29. The summed E-state index contributed by atoms with van der Waals surface area (Å²) in [6, 6.07) is 10.4. The Morgan fingerprint density at radius 1 is 1.19 bits per heavy atom. The lowest BCUT2D eigenvalue weighted by atomic mass is 10.2. The number of rotatable bonds is 3. The fourth-order valence-corrected chi connectivity index (χ4v) is 1.74. The molecule has 0 radical (unpaired) electrons. The zero-order valence-corrected chi connectivity index (χ0v) is 10.0. The van der Waals surface area contributed by atoms with Crippen LogP contribution in [0.15, 0.2) is 47.2 Å². The molecular weight excluding hydrogens is 271 g/mol. The van der Waals surface area contributed by atoms with Gasteiger partial charge in [0.1, 0.15) is 10.4 Å². The molecule has 0 aliphatic rings. The Morgan fingerprint density at radius 3 is 2.75 bits per heavy atom. The third kappa shape index (κ3) is 2.58. The summed E-state index contributed by atoms with van der Waals surface area (Å²) < 4.78 is 14.1. The molecular formula is C12H10BrFN2. The Morgan fingerprint density at radius 2 is 2.00 bits per heavy atom. The highest BCUT2D eigenvalue weighted by molar-refractivity contribution is 9.10. The monoisotopic (exact) mass is 280 g/mol. The van der Waals surface area contributed by atoms with Gasteiger partial charge in [0.05, 0.1) is 5.69 Å². The summed E-state index contributed by atoms with van der Waals surface area (Å²) >= 11 is 3.34. The molecule has 0 amide bonds. The average molecular weight is 281 g/mol. The molecule has 1 N–H and O–H groups in total. The van der Waals surface area contributed by atoms with Crippen LogP contribution in [0.2, 0.25) is 0 Å². The number of aromatic nitrogens is 1. The van der Waals surface area contributed by atoms with Crippen molar-refractivity contribution in [2.24, 2.45) is 0 Å². The molecule has 0 unspecified atom stereocenters. The fourth-order valence-electron chi connectivity index (χ4n) is 1.35. The van der Waals surface area contributed by atoms with Gasteiger partial charge in [-0.3, -0.25) is 0 Å². The lowest BCUT2D eigenvalue weighted by Gasteiger charge is -2.08. The standard InChI is InChI=1S/C12H10BrFN2/c13-12-9(4-3-7-15-12)8-16-11-6-2-1-5-10(11)14/h1-7,16H,8H2. The first kappa shape index (κ1) is 11.1. The fraction of sp³-hybridized carbons (Fsp3) is 0.0833.